The van der Waals surface area contributed by atoms with Crippen LogP contribution in [0.5, 0.6) is 5.75 Å². The van der Waals surface area contributed by atoms with Crippen molar-refractivity contribution in [2.24, 2.45) is 28.8 Å². The van der Waals surface area contributed by atoms with E-state index in [4.69, 9.17) is 4.74 Å². The number of hydrogen-bond acceptors (Lipinski definition) is 4. The van der Waals surface area contributed by atoms with Crippen LogP contribution >= 0.6 is 31.9 Å². The van der Waals surface area contributed by atoms with Crippen molar-refractivity contribution in [2.75, 3.05) is 0 Å². The monoisotopic (exact) mass is 494 g/mol. The highest BCUT2D eigenvalue weighted by molar-refractivity contribution is 9.11. The van der Waals surface area contributed by atoms with E-state index < -0.39 is 0 Å². The van der Waals surface area contributed by atoms with E-state index in [9.17, 15) is 9.59 Å². The molecule has 142 valence electrons. The Hall–Kier alpha value is -1.47. The molecule has 2 aliphatic carbocycles. The van der Waals surface area contributed by atoms with Crippen molar-refractivity contribution in [1.29, 1.82) is 0 Å². The zero-order valence-electron chi connectivity index (χ0n) is 15.3. The molecule has 1 aromatic carbocycles. The lowest BCUT2D eigenvalue weighted by atomic mass is 9.85. The minimum absolute atomic E-state index is 0.177. The molecule has 1 aliphatic heterocycles. The first-order valence-corrected chi connectivity index (χ1v) is 10.5. The Morgan fingerprint density at radius 3 is 2.07 bits per heavy atom. The lowest BCUT2D eigenvalue weighted by molar-refractivity contribution is -0.140. The Labute approximate surface area is 175 Å². The molecule has 1 aromatic rings. The third-order valence-electron chi connectivity index (χ3n) is 5.20. The van der Waals surface area contributed by atoms with E-state index in [1.54, 1.807) is 6.21 Å². The summed E-state index contributed by atoms with van der Waals surface area (Å²) < 4.78 is 7.49. The predicted octanol–water partition coefficient (Wildman–Crippen LogP) is 4.53. The molecule has 1 heterocycles. The summed E-state index contributed by atoms with van der Waals surface area (Å²) >= 11 is 7.04. The SMILES string of the molecule is CC(C)(C)Oc1c(Br)cc(C=NN2C(=O)[C@@H]3[C@H](C2=O)[C@H]2C=C[C@H]3C2)cc1Br. The van der Waals surface area contributed by atoms with Gasteiger partial charge in [-0.2, -0.15) is 10.1 Å². The molecule has 7 heteroatoms. The molecule has 1 saturated carbocycles. The molecule has 27 heavy (non-hydrogen) atoms. The number of carbonyl (C=O) groups excluding carboxylic acids is 2. The molecule has 4 atom stereocenters. The van der Waals surface area contributed by atoms with E-state index >= 15 is 0 Å². The molecule has 4 rings (SSSR count). The second-order valence-electron chi connectivity index (χ2n) is 8.26. The number of amides is 2. The zero-order chi connectivity index (χ0) is 19.5. The first-order valence-electron chi connectivity index (χ1n) is 8.94. The molecule has 5 nitrogen and oxygen atoms in total. The Morgan fingerprint density at radius 2 is 1.59 bits per heavy atom. The number of fused-ring (bicyclic) bond motifs is 5. The van der Waals surface area contributed by atoms with Crippen molar-refractivity contribution >= 4 is 49.9 Å². The highest BCUT2D eigenvalue weighted by Gasteiger charge is 2.59. The fraction of sp³-hybridized carbons (Fsp3) is 0.450. The summed E-state index contributed by atoms with van der Waals surface area (Å²) in [7, 11) is 0. The van der Waals surface area contributed by atoms with Crippen molar-refractivity contribution in [2.45, 2.75) is 32.8 Å². The van der Waals surface area contributed by atoms with Gasteiger partial charge in [-0.1, -0.05) is 12.2 Å². The van der Waals surface area contributed by atoms with Crippen molar-refractivity contribution in [3.05, 3.63) is 38.8 Å². The molecule has 2 amide bonds. The smallest absolute Gasteiger partial charge is 0.254 e. The van der Waals surface area contributed by atoms with Crippen molar-refractivity contribution in [1.82, 2.24) is 5.01 Å². The topological polar surface area (TPSA) is 59.0 Å². The standard InChI is InChI=1S/C20H20Br2N2O3/c1-20(2,3)27-17-13(21)6-10(7-14(17)22)9-23-24-18(25)15-11-4-5-12(8-11)16(15)19(24)26/h4-7,9,11-12,15-16H,8H2,1-3H3/t11-,12-,15-,16+/m0/s1. The van der Waals surface area contributed by atoms with E-state index in [0.29, 0.717) is 5.75 Å². The number of benzene rings is 1. The number of hydrazone groups is 1. The van der Waals surface area contributed by atoms with Crippen LogP contribution in [-0.2, 0) is 9.59 Å². The fourth-order valence-electron chi connectivity index (χ4n) is 4.18. The lowest BCUT2D eigenvalue weighted by Gasteiger charge is -2.23. The number of ether oxygens (including phenoxy) is 1. The van der Waals surface area contributed by atoms with Gasteiger partial charge in [0.15, 0.2) is 0 Å². The van der Waals surface area contributed by atoms with E-state index in [0.717, 1.165) is 25.9 Å². The summed E-state index contributed by atoms with van der Waals surface area (Å²) in [6.45, 7) is 5.93. The van der Waals surface area contributed by atoms with Gasteiger partial charge >= 0.3 is 0 Å². The summed E-state index contributed by atoms with van der Waals surface area (Å²) in [4.78, 5) is 25.3. The highest BCUT2D eigenvalue weighted by Crippen LogP contribution is 2.52. The zero-order valence-corrected chi connectivity index (χ0v) is 18.5. The van der Waals surface area contributed by atoms with Gasteiger partial charge < -0.3 is 4.74 Å². The fourth-order valence-corrected chi connectivity index (χ4v) is 5.57. The molecule has 0 aromatic heterocycles. The number of nitrogens with zero attached hydrogens (tertiary/aromatic N) is 2. The normalized spacial score (nSPS) is 29.3. The van der Waals surface area contributed by atoms with E-state index in [1.807, 2.05) is 32.9 Å². The Morgan fingerprint density at radius 1 is 1.07 bits per heavy atom. The lowest BCUT2D eigenvalue weighted by Crippen LogP contribution is -2.28. The molecular formula is C20H20Br2N2O3. The number of hydrogen-bond donors (Lipinski definition) is 0. The van der Waals surface area contributed by atoms with Gasteiger partial charge in [0.2, 0.25) is 0 Å². The molecule has 2 fully saturated rings. The largest absolute Gasteiger partial charge is 0.486 e. The van der Waals surface area contributed by atoms with Crippen LogP contribution < -0.4 is 4.74 Å². The van der Waals surface area contributed by atoms with Gasteiger partial charge in [-0.15, -0.1) is 0 Å². The van der Waals surface area contributed by atoms with Crippen LogP contribution in [0.25, 0.3) is 0 Å². The third-order valence-corrected chi connectivity index (χ3v) is 6.38. The summed E-state index contributed by atoms with van der Waals surface area (Å²) in [5.41, 5.74) is 0.425. The number of imide groups is 1. The summed E-state index contributed by atoms with van der Waals surface area (Å²) in [6.07, 6.45) is 6.61. The Bertz CT molecular complexity index is 835. The van der Waals surface area contributed by atoms with Gasteiger partial charge in [0.25, 0.3) is 11.8 Å². The number of rotatable bonds is 3. The van der Waals surface area contributed by atoms with Crippen LogP contribution in [-0.4, -0.2) is 28.6 Å². The van der Waals surface area contributed by atoms with Crippen LogP contribution in [0.2, 0.25) is 0 Å². The maximum absolute atomic E-state index is 12.7. The number of halogens is 2. The van der Waals surface area contributed by atoms with Gasteiger partial charge in [0.05, 0.1) is 27.0 Å². The molecule has 0 radical (unpaired) electrons. The first kappa shape index (κ1) is 18.9. The Balaban J connectivity index is 1.55. The van der Waals surface area contributed by atoms with Gasteiger partial charge in [-0.25, -0.2) is 0 Å². The van der Waals surface area contributed by atoms with Gasteiger partial charge in [-0.05, 0) is 88.6 Å². The second-order valence-corrected chi connectivity index (χ2v) is 9.97. The van der Waals surface area contributed by atoms with Crippen LogP contribution in [0, 0.1) is 23.7 Å². The summed E-state index contributed by atoms with van der Waals surface area (Å²) in [5, 5.41) is 5.28. The number of carbonyl (C=O) groups is 2. The van der Waals surface area contributed by atoms with Gasteiger partial charge in [-0.3, -0.25) is 9.59 Å². The predicted molar refractivity (Wildman–Crippen MR) is 109 cm³/mol. The van der Waals surface area contributed by atoms with Crippen molar-refractivity contribution < 1.29 is 14.3 Å². The van der Waals surface area contributed by atoms with Crippen LogP contribution in [0.15, 0.2) is 38.3 Å². The number of allylic oxidation sites excluding steroid dienone is 2. The van der Waals surface area contributed by atoms with Gasteiger partial charge in [0.1, 0.15) is 11.4 Å². The highest BCUT2D eigenvalue weighted by atomic mass is 79.9. The third kappa shape index (κ3) is 3.29. The van der Waals surface area contributed by atoms with Crippen LogP contribution in [0.3, 0.4) is 0 Å². The first-order chi connectivity index (χ1) is 12.7. The molecule has 0 spiro atoms. The molecule has 0 N–H and O–H groups in total. The average Bonchev–Trinajstić information content (AvgIpc) is 3.23. The van der Waals surface area contributed by atoms with Crippen LogP contribution in [0.1, 0.15) is 32.8 Å². The Kier molecular flexibility index (Phi) is 4.58. The van der Waals surface area contributed by atoms with Crippen LogP contribution in [0.4, 0.5) is 0 Å². The maximum atomic E-state index is 12.7. The van der Waals surface area contributed by atoms with E-state index in [2.05, 4.69) is 49.1 Å². The summed E-state index contributed by atoms with van der Waals surface area (Å²) in [6, 6.07) is 3.71. The van der Waals surface area contributed by atoms with Crippen molar-refractivity contribution in [3.8, 4) is 5.75 Å². The quantitative estimate of drug-likeness (QED) is 0.351. The summed E-state index contributed by atoms with van der Waals surface area (Å²) in [5.74, 6) is 0.261. The van der Waals surface area contributed by atoms with Gasteiger partial charge in [0, 0.05) is 0 Å². The molecule has 1 saturated heterocycles. The van der Waals surface area contributed by atoms with E-state index in [-0.39, 0.29) is 41.1 Å². The minimum atomic E-state index is -0.333. The molecule has 2 bridgehead atoms. The average molecular weight is 496 g/mol. The molecule has 0 unspecified atom stereocenters. The van der Waals surface area contributed by atoms with E-state index in [1.165, 1.54) is 0 Å². The second kappa shape index (κ2) is 6.55. The van der Waals surface area contributed by atoms with Crippen molar-refractivity contribution in [3.63, 3.8) is 0 Å². The minimum Gasteiger partial charge on any atom is -0.486 e. The maximum Gasteiger partial charge on any atom is 0.254 e. The molecular weight excluding hydrogens is 476 g/mol. The molecule has 3 aliphatic rings.